The molecule has 2 heterocycles. The fourth-order valence-corrected chi connectivity index (χ4v) is 4.07. The van der Waals surface area contributed by atoms with E-state index < -0.39 is 0 Å². The average Bonchev–Trinajstić information content (AvgIpc) is 2.89. The molecule has 3 aromatic carbocycles. The van der Waals surface area contributed by atoms with E-state index >= 15 is 0 Å². The van der Waals surface area contributed by atoms with Crippen molar-refractivity contribution in [3.8, 4) is 39.5 Å². The molecule has 1 unspecified atom stereocenters. The maximum atomic E-state index is 10.6. The van der Waals surface area contributed by atoms with Crippen LogP contribution in [0.3, 0.4) is 0 Å². The van der Waals surface area contributed by atoms with Gasteiger partial charge in [0.15, 0.2) is 0 Å². The maximum absolute atomic E-state index is 10.6. The summed E-state index contributed by atoms with van der Waals surface area (Å²) in [6.07, 6.45) is 1.78. The van der Waals surface area contributed by atoms with Crippen molar-refractivity contribution in [3.05, 3.63) is 127 Å². The van der Waals surface area contributed by atoms with Crippen LogP contribution >= 0.6 is 0 Å². The first-order chi connectivity index (χ1) is 16.2. The Morgan fingerprint density at radius 2 is 1.41 bits per heavy atom. The minimum atomic E-state index is 0. The van der Waals surface area contributed by atoms with Crippen LogP contribution in [0.25, 0.3) is 33.8 Å². The van der Waals surface area contributed by atoms with Gasteiger partial charge in [-0.2, -0.15) is 0 Å². The summed E-state index contributed by atoms with van der Waals surface area (Å²) in [5.74, 6) is 0.334. The second kappa shape index (κ2) is 10.6. The van der Waals surface area contributed by atoms with E-state index in [9.17, 15) is 5.11 Å². The molecule has 5 aromatic rings. The summed E-state index contributed by atoms with van der Waals surface area (Å²) in [6, 6.07) is 37.2. The van der Waals surface area contributed by atoms with Crippen LogP contribution in [0.4, 0.5) is 0 Å². The molecule has 0 bridgehead atoms. The van der Waals surface area contributed by atoms with Gasteiger partial charge in [-0.3, -0.25) is 9.97 Å². The van der Waals surface area contributed by atoms with E-state index in [2.05, 4.69) is 36.2 Å². The van der Waals surface area contributed by atoms with Crippen LogP contribution < -0.4 is 0 Å². The number of rotatable bonds is 5. The molecule has 0 fully saturated rings. The summed E-state index contributed by atoms with van der Waals surface area (Å²) in [7, 11) is 0. The summed E-state index contributed by atoms with van der Waals surface area (Å²) in [6.45, 7) is 2.17. The molecular formula is C30H23N2OPt-. The third kappa shape index (κ3) is 4.85. The smallest absolute Gasteiger partial charge is 0.124 e. The molecule has 0 aliphatic heterocycles. The van der Waals surface area contributed by atoms with E-state index in [4.69, 9.17) is 4.98 Å². The second-order valence-electron chi connectivity index (χ2n) is 7.98. The van der Waals surface area contributed by atoms with Crippen molar-refractivity contribution in [1.82, 2.24) is 9.97 Å². The number of para-hydroxylation sites is 1. The Labute approximate surface area is 214 Å². The minimum Gasteiger partial charge on any atom is -0.507 e. The Bertz CT molecular complexity index is 1390. The molecule has 34 heavy (non-hydrogen) atoms. The van der Waals surface area contributed by atoms with E-state index in [1.807, 2.05) is 78.9 Å². The zero-order valence-electron chi connectivity index (χ0n) is 18.6. The van der Waals surface area contributed by atoms with Gasteiger partial charge in [0.25, 0.3) is 0 Å². The Morgan fingerprint density at radius 1 is 0.706 bits per heavy atom. The molecule has 4 heteroatoms. The molecule has 0 spiro atoms. The van der Waals surface area contributed by atoms with E-state index in [-0.39, 0.29) is 32.7 Å². The van der Waals surface area contributed by atoms with Crippen LogP contribution in [0.15, 0.2) is 109 Å². The van der Waals surface area contributed by atoms with Crippen LogP contribution in [-0.2, 0) is 21.1 Å². The first kappa shape index (κ1) is 23.6. The number of hydrogen-bond donors (Lipinski definition) is 1. The third-order valence-corrected chi connectivity index (χ3v) is 5.86. The zero-order valence-corrected chi connectivity index (χ0v) is 20.9. The monoisotopic (exact) mass is 622 g/mol. The summed E-state index contributed by atoms with van der Waals surface area (Å²) in [5, 5.41) is 10.6. The number of phenolic OH excluding ortho intramolecular Hbond substituents is 1. The van der Waals surface area contributed by atoms with Gasteiger partial charge in [-0.1, -0.05) is 84.8 Å². The van der Waals surface area contributed by atoms with E-state index in [0.29, 0.717) is 0 Å². The number of benzene rings is 3. The topological polar surface area (TPSA) is 46.0 Å². The standard InChI is InChI=1S/C30H23N2O.Pt/c1-21(22-10-3-2-4-11-22)25-17-18-28(32-30(25)26-14-5-6-16-29(26)33)24-13-9-12-23(20-24)27-15-7-8-19-31-27;/h2-19,21,33H,1H3;/q-1;. The largest absolute Gasteiger partial charge is 0.507 e. The number of nitrogens with zero attached hydrogens (tertiary/aromatic N) is 2. The van der Waals surface area contributed by atoms with Crippen LogP contribution in [0.5, 0.6) is 5.75 Å². The molecule has 170 valence electrons. The molecule has 0 saturated heterocycles. The zero-order chi connectivity index (χ0) is 22.6. The van der Waals surface area contributed by atoms with E-state index in [1.165, 1.54) is 5.56 Å². The summed E-state index contributed by atoms with van der Waals surface area (Å²) in [5.41, 5.74) is 7.23. The molecule has 0 amide bonds. The van der Waals surface area contributed by atoms with Gasteiger partial charge < -0.3 is 5.11 Å². The van der Waals surface area contributed by atoms with Gasteiger partial charge in [0.05, 0.1) is 5.69 Å². The van der Waals surface area contributed by atoms with Gasteiger partial charge in [0.2, 0.25) is 0 Å². The number of hydrogen-bond acceptors (Lipinski definition) is 3. The fraction of sp³-hybridized carbons (Fsp3) is 0.0667. The van der Waals surface area contributed by atoms with Crippen molar-refractivity contribution in [1.29, 1.82) is 0 Å². The van der Waals surface area contributed by atoms with Crippen LogP contribution in [0.1, 0.15) is 24.0 Å². The van der Waals surface area contributed by atoms with Crippen LogP contribution in [0, 0.1) is 6.07 Å². The van der Waals surface area contributed by atoms with Crippen molar-refractivity contribution < 1.29 is 26.2 Å². The maximum Gasteiger partial charge on any atom is 0.124 e. The van der Waals surface area contributed by atoms with Crippen molar-refractivity contribution in [3.63, 3.8) is 0 Å². The number of aromatic hydroxyl groups is 1. The predicted molar refractivity (Wildman–Crippen MR) is 133 cm³/mol. The summed E-state index contributed by atoms with van der Waals surface area (Å²) in [4.78, 5) is 9.49. The van der Waals surface area contributed by atoms with Gasteiger partial charge >= 0.3 is 0 Å². The SMILES string of the molecule is CC(c1ccccc1)c1ccc(-c2[c-]c(-c3ccccn3)ccc2)nc1-c1ccccc1O.[Pt]. The normalized spacial score (nSPS) is 11.4. The molecule has 3 nitrogen and oxygen atoms in total. The van der Waals surface area contributed by atoms with Crippen molar-refractivity contribution in [2.75, 3.05) is 0 Å². The van der Waals surface area contributed by atoms with Crippen LogP contribution in [-0.4, -0.2) is 15.1 Å². The molecule has 0 aliphatic rings. The molecular weight excluding hydrogens is 599 g/mol. The molecule has 5 rings (SSSR count). The van der Waals surface area contributed by atoms with Gasteiger partial charge in [-0.25, -0.2) is 0 Å². The predicted octanol–water partition coefficient (Wildman–Crippen LogP) is 7.13. The quantitative estimate of drug-likeness (QED) is 0.212. The van der Waals surface area contributed by atoms with Gasteiger partial charge in [0.1, 0.15) is 5.75 Å². The molecule has 1 N–H and O–H groups in total. The average molecular weight is 623 g/mol. The van der Waals surface area contributed by atoms with Crippen LogP contribution in [0.2, 0.25) is 0 Å². The molecule has 0 saturated carbocycles. The van der Waals surface area contributed by atoms with Crippen molar-refractivity contribution in [2.24, 2.45) is 0 Å². The Kier molecular flexibility index (Phi) is 7.35. The Balaban J connectivity index is 0.00000274. The number of pyridine rings is 2. The molecule has 1 atom stereocenters. The molecule has 0 radical (unpaired) electrons. The second-order valence-corrected chi connectivity index (χ2v) is 7.98. The van der Waals surface area contributed by atoms with E-state index in [1.54, 1.807) is 12.3 Å². The first-order valence-electron chi connectivity index (χ1n) is 11.0. The third-order valence-electron chi connectivity index (χ3n) is 5.86. The van der Waals surface area contributed by atoms with Gasteiger partial charge in [-0.05, 0) is 29.3 Å². The minimum absolute atomic E-state index is 0. The number of phenols is 1. The first-order valence-corrected chi connectivity index (χ1v) is 11.0. The number of aromatic nitrogens is 2. The van der Waals surface area contributed by atoms with Crippen molar-refractivity contribution >= 4 is 0 Å². The summed E-state index contributed by atoms with van der Waals surface area (Å²) >= 11 is 0. The van der Waals surface area contributed by atoms with Gasteiger partial charge in [-0.15, -0.1) is 24.3 Å². The molecule has 2 aromatic heterocycles. The summed E-state index contributed by atoms with van der Waals surface area (Å²) < 4.78 is 0. The fourth-order valence-electron chi connectivity index (χ4n) is 4.07. The molecule has 0 aliphatic carbocycles. The Morgan fingerprint density at radius 3 is 2.15 bits per heavy atom. The Hall–Kier alpha value is -3.55. The van der Waals surface area contributed by atoms with Gasteiger partial charge in [0, 0.05) is 50.1 Å². The van der Waals surface area contributed by atoms with Crippen molar-refractivity contribution in [2.45, 2.75) is 12.8 Å². The van der Waals surface area contributed by atoms with E-state index in [0.717, 1.165) is 39.3 Å².